The highest BCUT2D eigenvalue weighted by atomic mass is 35.5. The molecular formula is C15H24Cl2N2. The maximum atomic E-state index is 6.25. The van der Waals surface area contributed by atoms with Crippen LogP contribution in [0, 0.1) is 5.92 Å². The predicted octanol–water partition coefficient (Wildman–Crippen LogP) is 5.10. The number of nitrogens with one attached hydrogen (secondary N) is 1. The maximum Gasteiger partial charge on any atom is 0.0477 e. The smallest absolute Gasteiger partial charge is 0.0477 e. The number of hydrazine groups is 1. The van der Waals surface area contributed by atoms with Crippen LogP contribution in [0.2, 0.25) is 10.0 Å². The fraction of sp³-hybridized carbons (Fsp3) is 0.600. The van der Waals surface area contributed by atoms with E-state index in [1.165, 1.54) is 19.3 Å². The molecule has 0 radical (unpaired) electrons. The van der Waals surface area contributed by atoms with Crippen LogP contribution in [-0.4, -0.2) is 0 Å². The van der Waals surface area contributed by atoms with Gasteiger partial charge in [-0.15, -0.1) is 0 Å². The summed E-state index contributed by atoms with van der Waals surface area (Å²) in [4.78, 5) is 0. The van der Waals surface area contributed by atoms with Crippen molar-refractivity contribution in [2.75, 3.05) is 0 Å². The van der Waals surface area contributed by atoms with Crippen LogP contribution in [0.25, 0.3) is 0 Å². The molecule has 19 heavy (non-hydrogen) atoms. The van der Waals surface area contributed by atoms with Crippen LogP contribution in [0.15, 0.2) is 18.2 Å². The molecule has 0 heterocycles. The summed E-state index contributed by atoms with van der Waals surface area (Å²) in [5.74, 6) is 6.37. The highest BCUT2D eigenvalue weighted by Crippen LogP contribution is 2.32. The Balaban J connectivity index is 2.78. The Kier molecular flexibility index (Phi) is 7.77. The van der Waals surface area contributed by atoms with Gasteiger partial charge in [0.25, 0.3) is 0 Å². The summed E-state index contributed by atoms with van der Waals surface area (Å²) in [6.45, 7) is 4.45. The van der Waals surface area contributed by atoms with Crippen LogP contribution in [-0.2, 0) is 0 Å². The van der Waals surface area contributed by atoms with Crippen molar-refractivity contribution in [1.29, 1.82) is 0 Å². The Morgan fingerprint density at radius 3 is 2.58 bits per heavy atom. The molecule has 0 aromatic heterocycles. The summed E-state index contributed by atoms with van der Waals surface area (Å²) in [7, 11) is 0. The van der Waals surface area contributed by atoms with E-state index in [9.17, 15) is 0 Å². The lowest BCUT2D eigenvalue weighted by Gasteiger charge is -2.23. The zero-order valence-electron chi connectivity index (χ0n) is 11.8. The first-order valence-electron chi connectivity index (χ1n) is 7.03. The number of nitrogens with two attached hydrogens (primary N) is 1. The van der Waals surface area contributed by atoms with Gasteiger partial charge in [-0.2, -0.15) is 0 Å². The summed E-state index contributed by atoms with van der Waals surface area (Å²) in [6.07, 6.45) is 5.89. The Morgan fingerprint density at radius 1 is 1.26 bits per heavy atom. The molecule has 108 valence electrons. The van der Waals surface area contributed by atoms with Gasteiger partial charge in [-0.25, -0.2) is 0 Å². The molecule has 1 aromatic rings. The second kappa shape index (κ2) is 8.80. The van der Waals surface area contributed by atoms with Gasteiger partial charge in [-0.05, 0) is 36.1 Å². The van der Waals surface area contributed by atoms with Gasteiger partial charge in [0.15, 0.2) is 0 Å². The fourth-order valence-corrected chi connectivity index (χ4v) is 2.81. The third-order valence-corrected chi connectivity index (χ3v) is 4.23. The van der Waals surface area contributed by atoms with Crippen LogP contribution in [0.1, 0.15) is 57.6 Å². The standard InChI is InChI=1S/C15H24Cl2N2/c1-3-5-6-11(4-2)9-15(19-18)13-10-12(16)7-8-14(13)17/h7-8,10-11,15,19H,3-6,9,18H2,1-2H3. The van der Waals surface area contributed by atoms with Crippen molar-refractivity contribution in [3.63, 3.8) is 0 Å². The highest BCUT2D eigenvalue weighted by Gasteiger charge is 2.18. The van der Waals surface area contributed by atoms with Gasteiger partial charge < -0.3 is 0 Å². The number of halogens is 2. The zero-order chi connectivity index (χ0) is 14.3. The van der Waals surface area contributed by atoms with E-state index in [0.717, 1.165) is 23.4 Å². The normalized spacial score (nSPS) is 14.4. The Labute approximate surface area is 126 Å². The molecule has 0 saturated heterocycles. The van der Waals surface area contributed by atoms with Gasteiger partial charge in [-0.3, -0.25) is 11.3 Å². The Morgan fingerprint density at radius 2 is 2.00 bits per heavy atom. The molecular weight excluding hydrogens is 279 g/mol. The molecule has 0 amide bonds. The first kappa shape index (κ1) is 16.8. The monoisotopic (exact) mass is 302 g/mol. The maximum absolute atomic E-state index is 6.25. The number of unbranched alkanes of at least 4 members (excludes halogenated alkanes) is 1. The lowest BCUT2D eigenvalue weighted by atomic mass is 9.89. The zero-order valence-corrected chi connectivity index (χ0v) is 13.3. The second-order valence-electron chi connectivity index (χ2n) is 5.04. The van der Waals surface area contributed by atoms with Crippen LogP contribution >= 0.6 is 23.2 Å². The molecule has 0 aliphatic heterocycles. The van der Waals surface area contributed by atoms with E-state index in [4.69, 9.17) is 29.0 Å². The SMILES string of the molecule is CCCCC(CC)CC(NN)c1cc(Cl)ccc1Cl. The molecule has 1 rings (SSSR count). The van der Waals surface area contributed by atoms with Crippen LogP contribution < -0.4 is 11.3 Å². The van der Waals surface area contributed by atoms with Gasteiger partial charge >= 0.3 is 0 Å². The van der Waals surface area contributed by atoms with Gasteiger partial charge in [0, 0.05) is 16.1 Å². The summed E-state index contributed by atoms with van der Waals surface area (Å²) in [5, 5.41) is 1.42. The topological polar surface area (TPSA) is 38.0 Å². The summed E-state index contributed by atoms with van der Waals surface area (Å²) in [6, 6.07) is 5.60. The molecule has 0 aliphatic carbocycles. The lowest BCUT2D eigenvalue weighted by Crippen LogP contribution is -2.30. The third-order valence-electron chi connectivity index (χ3n) is 3.65. The average molecular weight is 303 g/mol. The minimum Gasteiger partial charge on any atom is -0.271 e. The molecule has 0 aliphatic rings. The third kappa shape index (κ3) is 5.31. The largest absolute Gasteiger partial charge is 0.271 e. The van der Waals surface area contributed by atoms with E-state index in [1.54, 1.807) is 6.07 Å². The molecule has 0 bridgehead atoms. The number of hydrogen-bond acceptors (Lipinski definition) is 2. The van der Waals surface area contributed by atoms with Crippen molar-refractivity contribution in [2.24, 2.45) is 11.8 Å². The first-order chi connectivity index (χ1) is 9.12. The number of hydrogen-bond donors (Lipinski definition) is 2. The van der Waals surface area contributed by atoms with Crippen molar-refractivity contribution < 1.29 is 0 Å². The van der Waals surface area contributed by atoms with E-state index < -0.39 is 0 Å². The first-order valence-corrected chi connectivity index (χ1v) is 7.79. The minimum atomic E-state index is 0.0630. The van der Waals surface area contributed by atoms with E-state index >= 15 is 0 Å². The Bertz CT molecular complexity index is 382. The molecule has 0 fully saturated rings. The van der Waals surface area contributed by atoms with Gasteiger partial charge in [0.05, 0.1) is 0 Å². The van der Waals surface area contributed by atoms with Crippen molar-refractivity contribution in [2.45, 2.75) is 52.0 Å². The Hall–Kier alpha value is -0.280. The number of benzene rings is 1. The van der Waals surface area contributed by atoms with Crippen molar-refractivity contribution in [3.8, 4) is 0 Å². The molecule has 4 heteroatoms. The molecule has 2 unspecified atom stereocenters. The average Bonchev–Trinajstić information content (AvgIpc) is 2.42. The minimum absolute atomic E-state index is 0.0630. The molecule has 3 N–H and O–H groups in total. The van der Waals surface area contributed by atoms with Gasteiger partial charge in [0.1, 0.15) is 0 Å². The van der Waals surface area contributed by atoms with Crippen molar-refractivity contribution in [1.82, 2.24) is 5.43 Å². The number of rotatable bonds is 8. The van der Waals surface area contributed by atoms with E-state index in [1.807, 2.05) is 12.1 Å². The van der Waals surface area contributed by atoms with E-state index in [2.05, 4.69) is 19.3 Å². The van der Waals surface area contributed by atoms with Crippen molar-refractivity contribution in [3.05, 3.63) is 33.8 Å². The lowest BCUT2D eigenvalue weighted by molar-refractivity contribution is 0.356. The fourth-order valence-electron chi connectivity index (χ4n) is 2.38. The summed E-state index contributed by atoms with van der Waals surface area (Å²) < 4.78 is 0. The quantitative estimate of drug-likeness (QED) is 0.517. The van der Waals surface area contributed by atoms with Crippen LogP contribution in [0.3, 0.4) is 0 Å². The van der Waals surface area contributed by atoms with Crippen LogP contribution in [0.4, 0.5) is 0 Å². The van der Waals surface area contributed by atoms with Crippen molar-refractivity contribution >= 4 is 23.2 Å². The van der Waals surface area contributed by atoms with Gasteiger partial charge in [-0.1, -0.05) is 62.7 Å². The van der Waals surface area contributed by atoms with Crippen LogP contribution in [0.5, 0.6) is 0 Å². The van der Waals surface area contributed by atoms with E-state index in [0.29, 0.717) is 10.9 Å². The summed E-state index contributed by atoms with van der Waals surface area (Å²) in [5.41, 5.74) is 3.88. The second-order valence-corrected chi connectivity index (χ2v) is 5.88. The van der Waals surface area contributed by atoms with E-state index in [-0.39, 0.29) is 6.04 Å². The molecule has 2 atom stereocenters. The molecule has 0 spiro atoms. The molecule has 0 saturated carbocycles. The highest BCUT2D eigenvalue weighted by molar-refractivity contribution is 6.33. The predicted molar refractivity (Wildman–Crippen MR) is 84.4 cm³/mol. The molecule has 2 nitrogen and oxygen atoms in total. The van der Waals surface area contributed by atoms with Gasteiger partial charge in [0.2, 0.25) is 0 Å². The molecule has 1 aromatic carbocycles. The summed E-state index contributed by atoms with van der Waals surface area (Å²) >= 11 is 12.3.